The van der Waals surface area contributed by atoms with E-state index in [-0.39, 0.29) is 16.7 Å². The van der Waals surface area contributed by atoms with E-state index in [0.29, 0.717) is 12.3 Å². The van der Waals surface area contributed by atoms with E-state index in [1.54, 1.807) is 11.8 Å². The number of furan rings is 1. The summed E-state index contributed by atoms with van der Waals surface area (Å²) >= 11 is 1.80. The summed E-state index contributed by atoms with van der Waals surface area (Å²) in [6.45, 7) is 11.6. The highest BCUT2D eigenvalue weighted by molar-refractivity contribution is 7.99. The van der Waals surface area contributed by atoms with Gasteiger partial charge in [-0.15, -0.1) is 11.8 Å². The average molecular weight is 309 g/mol. The third-order valence-corrected chi connectivity index (χ3v) is 4.92. The maximum Gasteiger partial charge on any atom is 0.224 e. The van der Waals surface area contributed by atoms with Crippen LogP contribution in [-0.4, -0.2) is 23.1 Å². The largest absolute Gasteiger partial charge is 0.463 e. The molecule has 0 aromatic carbocycles. The molecule has 1 saturated heterocycles. The van der Waals surface area contributed by atoms with Gasteiger partial charge in [0.2, 0.25) is 5.91 Å². The smallest absolute Gasteiger partial charge is 0.224 e. The van der Waals surface area contributed by atoms with E-state index in [1.165, 1.54) is 0 Å². The molecule has 4 heteroatoms. The number of nitrogens with zero attached hydrogens (tertiary/aromatic N) is 1. The Morgan fingerprint density at radius 3 is 2.76 bits per heavy atom. The fourth-order valence-electron chi connectivity index (χ4n) is 3.08. The van der Waals surface area contributed by atoms with Gasteiger partial charge in [-0.25, -0.2) is 0 Å². The third kappa shape index (κ3) is 4.53. The van der Waals surface area contributed by atoms with Crippen LogP contribution in [-0.2, 0) is 4.79 Å². The van der Waals surface area contributed by atoms with Crippen molar-refractivity contribution in [3.8, 4) is 0 Å². The van der Waals surface area contributed by atoms with Crippen molar-refractivity contribution in [1.82, 2.24) is 4.90 Å². The van der Waals surface area contributed by atoms with Crippen LogP contribution in [0.15, 0.2) is 16.5 Å². The van der Waals surface area contributed by atoms with Gasteiger partial charge in [-0.2, -0.15) is 0 Å². The van der Waals surface area contributed by atoms with Gasteiger partial charge in [0, 0.05) is 18.7 Å². The number of rotatable bonds is 4. The predicted octanol–water partition coefficient (Wildman–Crippen LogP) is 4.62. The Bertz CT molecular complexity index is 489. The summed E-state index contributed by atoms with van der Waals surface area (Å²) in [5.41, 5.74) is 0.275. The zero-order chi connectivity index (χ0) is 15.6. The first-order valence-corrected chi connectivity index (χ1v) is 8.78. The highest BCUT2D eigenvalue weighted by Crippen LogP contribution is 2.39. The number of hydrogen-bond acceptors (Lipinski definition) is 3. The lowest BCUT2D eigenvalue weighted by molar-refractivity contribution is -0.132. The summed E-state index contributed by atoms with van der Waals surface area (Å²) < 4.78 is 5.72. The van der Waals surface area contributed by atoms with Crippen LogP contribution in [0.3, 0.4) is 0 Å². The van der Waals surface area contributed by atoms with Crippen LogP contribution in [0.2, 0.25) is 0 Å². The van der Waals surface area contributed by atoms with E-state index in [2.05, 4.69) is 27.7 Å². The molecule has 0 unspecified atom stereocenters. The molecule has 1 fully saturated rings. The van der Waals surface area contributed by atoms with Crippen molar-refractivity contribution in [2.45, 2.75) is 52.8 Å². The second-order valence-corrected chi connectivity index (χ2v) is 8.52. The van der Waals surface area contributed by atoms with Crippen molar-refractivity contribution >= 4 is 17.7 Å². The third-order valence-electron chi connectivity index (χ3n) is 3.70. The van der Waals surface area contributed by atoms with Gasteiger partial charge < -0.3 is 9.32 Å². The van der Waals surface area contributed by atoms with Gasteiger partial charge in [0.1, 0.15) is 16.9 Å². The quantitative estimate of drug-likeness (QED) is 0.813. The molecule has 3 nitrogen and oxygen atoms in total. The van der Waals surface area contributed by atoms with Crippen LogP contribution < -0.4 is 0 Å². The number of amides is 1. The molecule has 0 aliphatic carbocycles. The summed E-state index contributed by atoms with van der Waals surface area (Å²) in [6.07, 6.45) is 1.71. The van der Waals surface area contributed by atoms with Gasteiger partial charge in [-0.05, 0) is 36.8 Å². The monoisotopic (exact) mass is 309 g/mol. The Hall–Kier alpha value is -0.900. The molecule has 0 radical (unpaired) electrons. The van der Waals surface area contributed by atoms with E-state index in [1.807, 2.05) is 24.0 Å². The molecular weight excluding hydrogens is 282 g/mol. The van der Waals surface area contributed by atoms with E-state index in [0.717, 1.165) is 30.2 Å². The zero-order valence-corrected chi connectivity index (χ0v) is 14.6. The van der Waals surface area contributed by atoms with Crippen LogP contribution in [0.25, 0.3) is 0 Å². The molecule has 1 aromatic rings. The number of hydrogen-bond donors (Lipinski definition) is 0. The normalized spacial score (nSPS) is 20.8. The first-order chi connectivity index (χ1) is 9.76. The fraction of sp³-hybridized carbons (Fsp3) is 0.706. The molecule has 0 saturated carbocycles. The molecule has 1 aliphatic rings. The van der Waals surface area contributed by atoms with Crippen molar-refractivity contribution in [2.24, 2.45) is 11.3 Å². The maximum atomic E-state index is 12.6. The highest BCUT2D eigenvalue weighted by atomic mass is 32.2. The molecular formula is C17H27NO2S. The van der Waals surface area contributed by atoms with Crippen LogP contribution in [0.4, 0.5) is 0 Å². The summed E-state index contributed by atoms with van der Waals surface area (Å²) in [6, 6.07) is 3.97. The minimum absolute atomic E-state index is 0.0630. The summed E-state index contributed by atoms with van der Waals surface area (Å²) in [5, 5.41) is 0.0630. The minimum Gasteiger partial charge on any atom is -0.463 e. The van der Waals surface area contributed by atoms with E-state index in [9.17, 15) is 4.79 Å². The van der Waals surface area contributed by atoms with Crippen molar-refractivity contribution in [3.63, 3.8) is 0 Å². The second-order valence-electron chi connectivity index (χ2n) is 7.33. The molecule has 0 bridgehead atoms. The standard InChI is InChI=1S/C17H27NO2S/c1-12(11-17(3,4)5)10-15(19)18-8-9-21-16(18)14-7-6-13(2)20-14/h6-7,12,16H,8-11H2,1-5H3/t12-,16-/m1/s1. The molecule has 0 spiro atoms. The van der Waals surface area contributed by atoms with E-state index >= 15 is 0 Å². The fourth-order valence-corrected chi connectivity index (χ4v) is 4.30. The molecule has 2 heterocycles. The Balaban J connectivity index is 1.98. The lowest BCUT2D eigenvalue weighted by Gasteiger charge is -2.26. The number of carbonyl (C=O) groups is 1. The summed E-state index contributed by atoms with van der Waals surface area (Å²) in [4.78, 5) is 14.6. The maximum absolute atomic E-state index is 12.6. The lowest BCUT2D eigenvalue weighted by atomic mass is 9.84. The topological polar surface area (TPSA) is 33.5 Å². The second kappa shape index (κ2) is 6.47. The minimum atomic E-state index is 0.0630. The van der Waals surface area contributed by atoms with Crippen molar-refractivity contribution < 1.29 is 9.21 Å². The summed E-state index contributed by atoms with van der Waals surface area (Å²) in [5.74, 6) is 3.49. The van der Waals surface area contributed by atoms with Crippen molar-refractivity contribution in [2.75, 3.05) is 12.3 Å². The highest BCUT2D eigenvalue weighted by Gasteiger charge is 2.33. The molecule has 21 heavy (non-hydrogen) atoms. The van der Waals surface area contributed by atoms with Gasteiger partial charge in [0.25, 0.3) is 0 Å². The number of aryl methyl sites for hydroxylation is 1. The Morgan fingerprint density at radius 1 is 1.48 bits per heavy atom. The average Bonchev–Trinajstić information content (AvgIpc) is 2.93. The van der Waals surface area contributed by atoms with Crippen LogP contribution >= 0.6 is 11.8 Å². The lowest BCUT2D eigenvalue weighted by Crippen LogP contribution is -2.31. The van der Waals surface area contributed by atoms with Gasteiger partial charge in [0.05, 0.1) is 0 Å². The molecule has 2 rings (SSSR count). The van der Waals surface area contributed by atoms with Gasteiger partial charge >= 0.3 is 0 Å². The predicted molar refractivity (Wildman–Crippen MR) is 88.2 cm³/mol. The number of carbonyl (C=O) groups excluding carboxylic acids is 1. The van der Waals surface area contributed by atoms with Crippen LogP contribution in [0.5, 0.6) is 0 Å². The molecule has 2 atom stereocenters. The Morgan fingerprint density at radius 2 is 2.19 bits per heavy atom. The van der Waals surface area contributed by atoms with Crippen molar-refractivity contribution in [1.29, 1.82) is 0 Å². The van der Waals surface area contributed by atoms with Crippen molar-refractivity contribution in [3.05, 3.63) is 23.7 Å². The van der Waals surface area contributed by atoms with Gasteiger partial charge in [0.15, 0.2) is 0 Å². The van der Waals surface area contributed by atoms with E-state index < -0.39 is 0 Å². The van der Waals surface area contributed by atoms with Crippen LogP contribution in [0, 0.1) is 18.3 Å². The van der Waals surface area contributed by atoms with Crippen LogP contribution in [0.1, 0.15) is 57.4 Å². The Labute approximate surface area is 132 Å². The van der Waals surface area contributed by atoms with E-state index in [4.69, 9.17) is 4.42 Å². The molecule has 0 N–H and O–H groups in total. The molecule has 1 amide bonds. The SMILES string of the molecule is Cc1ccc([C@H]2SCCN2C(=O)C[C@@H](C)CC(C)(C)C)o1. The Kier molecular flexibility index (Phi) is 5.07. The molecule has 1 aliphatic heterocycles. The molecule has 1 aromatic heterocycles. The summed E-state index contributed by atoms with van der Waals surface area (Å²) in [7, 11) is 0. The zero-order valence-electron chi connectivity index (χ0n) is 13.8. The number of thioether (sulfide) groups is 1. The first-order valence-electron chi connectivity index (χ1n) is 7.74. The van der Waals surface area contributed by atoms with Gasteiger partial charge in [-0.1, -0.05) is 27.7 Å². The first kappa shape index (κ1) is 16.5. The van der Waals surface area contributed by atoms with Gasteiger partial charge in [-0.3, -0.25) is 4.79 Å². The molecule has 118 valence electrons.